The van der Waals surface area contributed by atoms with E-state index in [-0.39, 0.29) is 11.6 Å². The van der Waals surface area contributed by atoms with Gasteiger partial charge < -0.3 is 5.32 Å². The Hall–Kier alpha value is -1.92. The Morgan fingerprint density at radius 1 is 1.36 bits per heavy atom. The molecule has 4 saturated carbocycles. The molecule has 136 valence electrons. The van der Waals surface area contributed by atoms with Gasteiger partial charge >= 0.3 is 5.69 Å². The lowest BCUT2D eigenvalue weighted by atomic mass is 9.49. The number of carbonyl (C=O) groups is 1. The van der Waals surface area contributed by atoms with E-state index >= 15 is 0 Å². The lowest BCUT2D eigenvalue weighted by Crippen LogP contribution is -2.51. The lowest BCUT2D eigenvalue weighted by Gasteiger charge is -2.57. The highest BCUT2D eigenvalue weighted by molar-refractivity contribution is 5.80. The van der Waals surface area contributed by atoms with Crippen LogP contribution in [0.15, 0.2) is 12.4 Å². The van der Waals surface area contributed by atoms with E-state index in [0.29, 0.717) is 11.8 Å². The van der Waals surface area contributed by atoms with E-state index < -0.39 is 11.0 Å². The summed E-state index contributed by atoms with van der Waals surface area (Å²) in [5.74, 6) is 2.51. The number of nitrogens with zero attached hydrogens (tertiary/aromatic N) is 3. The summed E-state index contributed by atoms with van der Waals surface area (Å²) in [6, 6.07) is -0.484. The second kappa shape index (κ2) is 6.11. The number of carbonyl (C=O) groups excluding carboxylic acids is 1. The van der Waals surface area contributed by atoms with Crippen molar-refractivity contribution in [3.05, 3.63) is 22.5 Å². The number of hydrogen-bond donors (Lipinski definition) is 1. The first kappa shape index (κ1) is 16.5. The van der Waals surface area contributed by atoms with Crippen LogP contribution < -0.4 is 5.32 Å². The molecule has 5 rings (SSSR count). The molecule has 7 heteroatoms. The van der Waals surface area contributed by atoms with Gasteiger partial charge in [-0.05, 0) is 68.1 Å². The molecule has 1 amide bonds. The molecule has 1 aromatic rings. The third-order valence-electron chi connectivity index (χ3n) is 6.61. The van der Waals surface area contributed by atoms with Crippen LogP contribution in [0.5, 0.6) is 0 Å². The summed E-state index contributed by atoms with van der Waals surface area (Å²) < 4.78 is 1.42. The molecule has 0 aromatic carbocycles. The zero-order valence-corrected chi connectivity index (χ0v) is 14.7. The van der Waals surface area contributed by atoms with E-state index in [9.17, 15) is 14.9 Å². The van der Waals surface area contributed by atoms with E-state index in [2.05, 4.69) is 10.4 Å². The second-order valence-electron chi connectivity index (χ2n) is 8.50. The van der Waals surface area contributed by atoms with Gasteiger partial charge in [0, 0.05) is 6.54 Å². The van der Waals surface area contributed by atoms with Gasteiger partial charge in [0.25, 0.3) is 0 Å². The molecular formula is C18H26N4O3. The highest BCUT2D eigenvalue weighted by Crippen LogP contribution is 2.59. The van der Waals surface area contributed by atoms with Crippen molar-refractivity contribution in [2.45, 2.75) is 57.9 Å². The monoisotopic (exact) mass is 346 g/mol. The summed E-state index contributed by atoms with van der Waals surface area (Å²) in [5, 5.41) is 18.0. The normalized spacial score (nSPS) is 34.0. The average molecular weight is 346 g/mol. The van der Waals surface area contributed by atoms with Gasteiger partial charge in [0.15, 0.2) is 0 Å². The molecular weight excluding hydrogens is 320 g/mol. The van der Waals surface area contributed by atoms with Gasteiger partial charge in [0.05, 0.1) is 4.92 Å². The molecule has 0 saturated heterocycles. The zero-order valence-electron chi connectivity index (χ0n) is 14.7. The van der Waals surface area contributed by atoms with Crippen molar-refractivity contribution >= 4 is 11.6 Å². The van der Waals surface area contributed by atoms with Gasteiger partial charge in [-0.25, -0.2) is 0 Å². The van der Waals surface area contributed by atoms with Gasteiger partial charge in [0.1, 0.15) is 18.4 Å². The lowest BCUT2D eigenvalue weighted by molar-refractivity contribution is -0.385. The summed E-state index contributed by atoms with van der Waals surface area (Å²) in [6.45, 7) is 2.65. The van der Waals surface area contributed by atoms with Crippen molar-refractivity contribution in [2.75, 3.05) is 6.54 Å². The summed E-state index contributed by atoms with van der Waals surface area (Å²) in [6.07, 6.45) is 11.0. The Kier molecular flexibility index (Phi) is 4.04. The first-order chi connectivity index (χ1) is 12.0. The number of rotatable bonds is 6. The third-order valence-corrected chi connectivity index (χ3v) is 6.61. The smallest absolute Gasteiger partial charge is 0.307 e. The number of hydrogen-bond acceptors (Lipinski definition) is 4. The molecule has 4 aliphatic carbocycles. The van der Waals surface area contributed by atoms with Crippen molar-refractivity contribution < 1.29 is 9.72 Å². The molecule has 1 N–H and O–H groups in total. The van der Waals surface area contributed by atoms with Crippen molar-refractivity contribution in [2.24, 2.45) is 23.2 Å². The van der Waals surface area contributed by atoms with E-state index in [0.717, 1.165) is 24.3 Å². The molecule has 4 bridgehead atoms. The minimum atomic E-state index is -0.484. The maximum atomic E-state index is 12.7. The average Bonchev–Trinajstić information content (AvgIpc) is 3.02. The molecule has 1 atom stereocenters. The highest BCUT2D eigenvalue weighted by atomic mass is 16.6. The standard InChI is InChI=1S/C18H26N4O3/c1-2-16(21-10-15(9-20-21)22(24)25)17(23)19-11-18-6-12-3-13(7-18)5-14(4-12)8-18/h9-10,12-14,16H,2-8,11H2,1H3,(H,19,23). The third kappa shape index (κ3) is 3.04. The minimum absolute atomic E-state index is 0.0729. The van der Waals surface area contributed by atoms with Crippen molar-refractivity contribution in [3.63, 3.8) is 0 Å². The highest BCUT2D eigenvalue weighted by Gasteiger charge is 2.50. The van der Waals surface area contributed by atoms with Gasteiger partial charge in [-0.1, -0.05) is 6.92 Å². The fourth-order valence-corrected chi connectivity index (χ4v) is 5.98. The van der Waals surface area contributed by atoms with Crippen LogP contribution >= 0.6 is 0 Å². The number of amides is 1. The molecule has 0 radical (unpaired) electrons. The van der Waals surface area contributed by atoms with Crippen LogP contribution in [-0.2, 0) is 4.79 Å². The minimum Gasteiger partial charge on any atom is -0.354 e. The summed E-state index contributed by atoms with van der Waals surface area (Å²) in [4.78, 5) is 23.1. The molecule has 25 heavy (non-hydrogen) atoms. The summed E-state index contributed by atoms with van der Waals surface area (Å²) in [5.41, 5.74) is 0.214. The Labute approximate surface area is 147 Å². The molecule has 7 nitrogen and oxygen atoms in total. The van der Waals surface area contributed by atoms with Crippen molar-refractivity contribution in [3.8, 4) is 0 Å². The quantitative estimate of drug-likeness (QED) is 0.633. The van der Waals surface area contributed by atoms with Crippen LogP contribution in [0.25, 0.3) is 0 Å². The predicted octanol–water partition coefficient (Wildman–Crippen LogP) is 3.08. The molecule has 1 unspecified atom stereocenters. The van der Waals surface area contributed by atoms with Crippen LogP contribution in [0.2, 0.25) is 0 Å². The van der Waals surface area contributed by atoms with E-state index in [4.69, 9.17) is 0 Å². The van der Waals surface area contributed by atoms with Crippen molar-refractivity contribution in [1.29, 1.82) is 0 Å². The summed E-state index contributed by atoms with van der Waals surface area (Å²) >= 11 is 0. The molecule has 1 heterocycles. The Bertz CT molecular complexity index is 648. The number of aromatic nitrogens is 2. The molecule has 0 spiro atoms. The largest absolute Gasteiger partial charge is 0.354 e. The summed E-state index contributed by atoms with van der Waals surface area (Å²) in [7, 11) is 0. The number of nitro groups is 1. The first-order valence-electron chi connectivity index (χ1n) is 9.44. The van der Waals surface area contributed by atoms with Crippen LogP contribution in [0, 0.1) is 33.3 Å². The van der Waals surface area contributed by atoms with Gasteiger partial charge in [0.2, 0.25) is 5.91 Å². The van der Waals surface area contributed by atoms with E-state index in [1.807, 2.05) is 6.92 Å². The van der Waals surface area contributed by atoms with Gasteiger partial charge in [-0.15, -0.1) is 0 Å². The van der Waals surface area contributed by atoms with E-state index in [1.54, 1.807) is 0 Å². The van der Waals surface area contributed by atoms with Crippen LogP contribution in [0.3, 0.4) is 0 Å². The second-order valence-corrected chi connectivity index (χ2v) is 8.50. The molecule has 4 aliphatic rings. The Balaban J connectivity index is 1.41. The van der Waals surface area contributed by atoms with Crippen LogP contribution in [0.4, 0.5) is 5.69 Å². The molecule has 0 aliphatic heterocycles. The zero-order chi connectivity index (χ0) is 17.6. The topological polar surface area (TPSA) is 90.1 Å². The maximum absolute atomic E-state index is 12.7. The molecule has 1 aromatic heterocycles. The first-order valence-corrected chi connectivity index (χ1v) is 9.44. The predicted molar refractivity (Wildman–Crippen MR) is 91.8 cm³/mol. The Morgan fingerprint density at radius 3 is 2.44 bits per heavy atom. The fourth-order valence-electron chi connectivity index (χ4n) is 5.98. The fraction of sp³-hybridized carbons (Fsp3) is 0.778. The number of nitrogens with one attached hydrogen (secondary N) is 1. The maximum Gasteiger partial charge on any atom is 0.307 e. The SMILES string of the molecule is CCC(C(=O)NCC12CC3CC(CC(C3)C1)C2)n1cc([N+](=O)[O-])cn1. The van der Waals surface area contributed by atoms with Crippen LogP contribution in [-0.4, -0.2) is 27.2 Å². The van der Waals surface area contributed by atoms with Crippen LogP contribution in [0.1, 0.15) is 57.9 Å². The van der Waals surface area contributed by atoms with Gasteiger partial charge in [-0.3, -0.25) is 19.6 Å². The van der Waals surface area contributed by atoms with E-state index in [1.165, 1.54) is 55.6 Å². The molecule has 4 fully saturated rings. The van der Waals surface area contributed by atoms with Gasteiger partial charge in [-0.2, -0.15) is 5.10 Å². The van der Waals surface area contributed by atoms with Crippen molar-refractivity contribution in [1.82, 2.24) is 15.1 Å². The Morgan fingerprint density at radius 2 is 1.96 bits per heavy atom.